The van der Waals surface area contributed by atoms with Gasteiger partial charge < -0.3 is 4.74 Å². The zero-order valence-electron chi connectivity index (χ0n) is 14.7. The van der Waals surface area contributed by atoms with Crippen molar-refractivity contribution in [2.24, 2.45) is 0 Å². The van der Waals surface area contributed by atoms with Gasteiger partial charge >= 0.3 is 0 Å². The second kappa shape index (κ2) is 7.85. The van der Waals surface area contributed by atoms with Crippen LogP contribution in [0.15, 0.2) is 58.5 Å². The molecule has 2 aromatic carbocycles. The molecule has 0 unspecified atom stereocenters. The lowest BCUT2D eigenvalue weighted by Gasteiger charge is -2.14. The van der Waals surface area contributed by atoms with Crippen LogP contribution in [-0.2, 0) is 4.74 Å². The first-order chi connectivity index (χ1) is 12.1. The van der Waals surface area contributed by atoms with Gasteiger partial charge in [-0.25, -0.2) is 4.98 Å². The zero-order chi connectivity index (χ0) is 17.8. The predicted molar refractivity (Wildman–Crippen MR) is 104 cm³/mol. The van der Waals surface area contributed by atoms with E-state index in [-0.39, 0.29) is 11.7 Å². The summed E-state index contributed by atoms with van der Waals surface area (Å²) in [5.74, 6) is 0.745. The molecule has 0 radical (unpaired) electrons. The van der Waals surface area contributed by atoms with Crippen LogP contribution in [0.1, 0.15) is 19.4 Å². The van der Waals surface area contributed by atoms with Gasteiger partial charge in [0.1, 0.15) is 0 Å². The molecular weight excluding hydrogens is 332 g/mol. The van der Waals surface area contributed by atoms with Crippen LogP contribution in [0.3, 0.4) is 0 Å². The summed E-state index contributed by atoms with van der Waals surface area (Å²) in [5.41, 5.74) is 2.68. The molecule has 130 valence electrons. The molecule has 0 amide bonds. The van der Waals surface area contributed by atoms with Crippen molar-refractivity contribution in [1.82, 2.24) is 9.55 Å². The quantitative estimate of drug-likeness (QED) is 0.378. The number of para-hydroxylation sites is 1. The van der Waals surface area contributed by atoms with Crippen molar-refractivity contribution < 1.29 is 4.74 Å². The standard InChI is InChI=1S/C20H22N2O2S/c1-14(2)24-12-13-25-20-21-18-7-5-4-6-17(18)19(23)22(20)16-10-8-15(3)9-11-16/h4-11,14H,12-13H2,1-3H3. The molecule has 0 saturated heterocycles. The number of aryl methyl sites for hydroxylation is 1. The average Bonchev–Trinajstić information content (AvgIpc) is 2.60. The van der Waals surface area contributed by atoms with Gasteiger partial charge in [0.25, 0.3) is 5.56 Å². The Morgan fingerprint density at radius 2 is 1.84 bits per heavy atom. The van der Waals surface area contributed by atoms with E-state index in [9.17, 15) is 4.79 Å². The van der Waals surface area contributed by atoms with Crippen LogP contribution < -0.4 is 5.56 Å². The van der Waals surface area contributed by atoms with Crippen molar-refractivity contribution in [3.05, 3.63) is 64.4 Å². The lowest BCUT2D eigenvalue weighted by Crippen LogP contribution is -2.22. The smallest absolute Gasteiger partial charge is 0.266 e. The Labute approximate surface area is 151 Å². The van der Waals surface area contributed by atoms with Crippen LogP contribution >= 0.6 is 11.8 Å². The number of hydrogen-bond acceptors (Lipinski definition) is 4. The van der Waals surface area contributed by atoms with E-state index in [0.29, 0.717) is 17.1 Å². The third-order valence-electron chi connectivity index (χ3n) is 3.80. The van der Waals surface area contributed by atoms with Crippen molar-refractivity contribution in [3.8, 4) is 5.69 Å². The van der Waals surface area contributed by atoms with Crippen LogP contribution in [0.2, 0.25) is 0 Å². The average molecular weight is 354 g/mol. The Hall–Kier alpha value is -2.11. The number of rotatable bonds is 6. The minimum Gasteiger partial charge on any atom is -0.378 e. The molecule has 3 rings (SSSR count). The third kappa shape index (κ3) is 4.11. The summed E-state index contributed by atoms with van der Waals surface area (Å²) in [4.78, 5) is 17.8. The maximum Gasteiger partial charge on any atom is 0.266 e. The maximum atomic E-state index is 13.1. The van der Waals surface area contributed by atoms with E-state index in [0.717, 1.165) is 22.5 Å². The van der Waals surface area contributed by atoms with E-state index < -0.39 is 0 Å². The molecule has 0 saturated carbocycles. The van der Waals surface area contributed by atoms with E-state index >= 15 is 0 Å². The van der Waals surface area contributed by atoms with Gasteiger partial charge in [0.15, 0.2) is 5.16 Å². The number of aromatic nitrogens is 2. The van der Waals surface area contributed by atoms with Crippen LogP contribution in [-0.4, -0.2) is 28.0 Å². The number of benzene rings is 2. The summed E-state index contributed by atoms with van der Waals surface area (Å²) >= 11 is 1.54. The molecule has 4 nitrogen and oxygen atoms in total. The third-order valence-corrected chi connectivity index (χ3v) is 4.71. The second-order valence-corrected chi connectivity index (χ2v) is 7.22. The van der Waals surface area contributed by atoms with E-state index in [2.05, 4.69) is 0 Å². The molecule has 25 heavy (non-hydrogen) atoms. The first-order valence-electron chi connectivity index (χ1n) is 8.39. The Bertz CT molecular complexity index is 917. The highest BCUT2D eigenvalue weighted by atomic mass is 32.2. The van der Waals surface area contributed by atoms with Crippen LogP contribution in [0.25, 0.3) is 16.6 Å². The first-order valence-corrected chi connectivity index (χ1v) is 9.38. The van der Waals surface area contributed by atoms with E-state index in [4.69, 9.17) is 9.72 Å². The summed E-state index contributed by atoms with van der Waals surface area (Å²) < 4.78 is 7.30. The fourth-order valence-electron chi connectivity index (χ4n) is 2.55. The summed E-state index contributed by atoms with van der Waals surface area (Å²) in [7, 11) is 0. The second-order valence-electron chi connectivity index (χ2n) is 6.16. The van der Waals surface area contributed by atoms with Gasteiger partial charge in [0.05, 0.1) is 29.3 Å². The lowest BCUT2D eigenvalue weighted by molar-refractivity contribution is 0.0920. The summed E-state index contributed by atoms with van der Waals surface area (Å²) in [6.45, 7) is 6.69. The van der Waals surface area contributed by atoms with E-state index in [1.165, 1.54) is 0 Å². The summed E-state index contributed by atoms with van der Waals surface area (Å²) in [6, 6.07) is 15.4. The highest BCUT2D eigenvalue weighted by Crippen LogP contribution is 2.21. The first kappa shape index (κ1) is 17.7. The molecule has 0 fully saturated rings. The molecule has 1 heterocycles. The van der Waals surface area contributed by atoms with Gasteiger partial charge in [-0.2, -0.15) is 0 Å². The molecule has 3 aromatic rings. The molecule has 0 aliphatic carbocycles. The van der Waals surface area contributed by atoms with Crippen molar-refractivity contribution in [2.75, 3.05) is 12.4 Å². The van der Waals surface area contributed by atoms with Crippen molar-refractivity contribution in [1.29, 1.82) is 0 Å². The van der Waals surface area contributed by atoms with Gasteiger partial charge in [0, 0.05) is 5.75 Å². The molecular formula is C20H22N2O2S. The molecule has 0 aliphatic heterocycles. The molecule has 0 atom stereocenters. The van der Waals surface area contributed by atoms with Gasteiger partial charge in [-0.05, 0) is 45.0 Å². The van der Waals surface area contributed by atoms with Crippen LogP contribution in [0.4, 0.5) is 0 Å². The molecule has 5 heteroatoms. The Morgan fingerprint density at radius 3 is 2.56 bits per heavy atom. The largest absolute Gasteiger partial charge is 0.378 e. The number of nitrogens with zero attached hydrogens (tertiary/aromatic N) is 2. The lowest BCUT2D eigenvalue weighted by atomic mass is 10.2. The monoisotopic (exact) mass is 354 g/mol. The van der Waals surface area contributed by atoms with Gasteiger partial charge in [-0.3, -0.25) is 9.36 Å². The highest BCUT2D eigenvalue weighted by molar-refractivity contribution is 7.99. The molecule has 1 aromatic heterocycles. The van der Waals surface area contributed by atoms with Crippen molar-refractivity contribution >= 4 is 22.7 Å². The zero-order valence-corrected chi connectivity index (χ0v) is 15.5. The Morgan fingerprint density at radius 1 is 1.12 bits per heavy atom. The Kier molecular flexibility index (Phi) is 5.56. The molecule has 0 spiro atoms. The SMILES string of the molecule is Cc1ccc(-n2c(SCCOC(C)C)nc3ccccc3c2=O)cc1. The van der Waals surface area contributed by atoms with Crippen LogP contribution in [0, 0.1) is 6.92 Å². The maximum absolute atomic E-state index is 13.1. The number of fused-ring (bicyclic) bond motifs is 1. The normalized spacial score (nSPS) is 11.4. The molecule has 0 N–H and O–H groups in total. The number of hydrogen-bond donors (Lipinski definition) is 0. The molecule has 0 bridgehead atoms. The fraction of sp³-hybridized carbons (Fsp3) is 0.300. The van der Waals surface area contributed by atoms with E-state index in [1.807, 2.05) is 69.3 Å². The number of ether oxygens (including phenoxy) is 1. The molecule has 0 aliphatic rings. The van der Waals surface area contributed by atoms with Gasteiger partial charge in [0.2, 0.25) is 0 Å². The minimum absolute atomic E-state index is 0.0401. The summed E-state index contributed by atoms with van der Waals surface area (Å²) in [6.07, 6.45) is 0.199. The number of thioether (sulfide) groups is 1. The van der Waals surface area contributed by atoms with Gasteiger partial charge in [-0.1, -0.05) is 41.6 Å². The predicted octanol–water partition coefficient (Wildman–Crippen LogP) is 4.21. The van der Waals surface area contributed by atoms with Crippen molar-refractivity contribution in [2.45, 2.75) is 32.0 Å². The Balaban J connectivity index is 2.04. The van der Waals surface area contributed by atoms with Gasteiger partial charge in [-0.15, -0.1) is 0 Å². The highest BCUT2D eigenvalue weighted by Gasteiger charge is 2.13. The van der Waals surface area contributed by atoms with Crippen molar-refractivity contribution in [3.63, 3.8) is 0 Å². The van der Waals surface area contributed by atoms with E-state index in [1.54, 1.807) is 16.3 Å². The van der Waals surface area contributed by atoms with Crippen LogP contribution in [0.5, 0.6) is 0 Å². The topological polar surface area (TPSA) is 44.1 Å². The fourth-order valence-corrected chi connectivity index (χ4v) is 3.39. The minimum atomic E-state index is -0.0401. The summed E-state index contributed by atoms with van der Waals surface area (Å²) in [5, 5.41) is 1.32.